The Balaban J connectivity index is 2.36. The third kappa shape index (κ3) is 3.16. The van der Waals surface area contributed by atoms with Gasteiger partial charge >= 0.3 is 0 Å². The van der Waals surface area contributed by atoms with Crippen LogP contribution in [0.2, 0.25) is 0 Å². The molecule has 0 saturated carbocycles. The maximum atomic E-state index is 5.93. The van der Waals surface area contributed by atoms with Crippen LogP contribution in [0.5, 0.6) is 0 Å². The van der Waals surface area contributed by atoms with Crippen molar-refractivity contribution in [2.24, 2.45) is 5.73 Å². The van der Waals surface area contributed by atoms with Crippen LogP contribution in [0.4, 0.5) is 0 Å². The van der Waals surface area contributed by atoms with Crippen LogP contribution in [0.3, 0.4) is 0 Å². The van der Waals surface area contributed by atoms with Crippen molar-refractivity contribution in [3.63, 3.8) is 0 Å². The first-order valence-electron chi connectivity index (χ1n) is 7.30. The average Bonchev–Trinajstić information content (AvgIpc) is 2.42. The minimum atomic E-state index is 0.112. The predicted molar refractivity (Wildman–Crippen MR) is 79.3 cm³/mol. The summed E-state index contributed by atoms with van der Waals surface area (Å²) in [4.78, 5) is 2.53. The van der Waals surface area contributed by atoms with Crippen molar-refractivity contribution in [3.8, 4) is 0 Å². The standard InChI is InChI=1S/C16H26N2O/c1-4-7-18-8-9-19-15(11-17)16(18)14-10-12(2)5-6-13(14)3/h5-6,10,15-16H,4,7-9,11,17H2,1-3H3. The van der Waals surface area contributed by atoms with Crippen LogP contribution in [0.25, 0.3) is 0 Å². The number of aryl methyl sites for hydroxylation is 2. The maximum Gasteiger partial charge on any atom is 0.0894 e. The van der Waals surface area contributed by atoms with E-state index in [0.717, 1.165) is 19.7 Å². The Morgan fingerprint density at radius 2 is 2.16 bits per heavy atom. The molecule has 3 nitrogen and oxygen atoms in total. The smallest absolute Gasteiger partial charge is 0.0894 e. The van der Waals surface area contributed by atoms with E-state index in [1.807, 2.05) is 0 Å². The lowest BCUT2D eigenvalue weighted by Gasteiger charge is -2.41. The van der Waals surface area contributed by atoms with Crippen molar-refractivity contribution < 1.29 is 4.74 Å². The van der Waals surface area contributed by atoms with Gasteiger partial charge in [0.2, 0.25) is 0 Å². The Morgan fingerprint density at radius 1 is 1.37 bits per heavy atom. The first-order chi connectivity index (χ1) is 9.17. The minimum absolute atomic E-state index is 0.112. The van der Waals surface area contributed by atoms with E-state index in [1.54, 1.807) is 0 Å². The van der Waals surface area contributed by atoms with Crippen molar-refractivity contribution in [2.45, 2.75) is 39.3 Å². The third-order valence-corrected chi connectivity index (χ3v) is 3.95. The second-order valence-corrected chi connectivity index (χ2v) is 5.49. The monoisotopic (exact) mass is 262 g/mol. The molecule has 1 aromatic carbocycles. The van der Waals surface area contributed by atoms with Crippen LogP contribution in [0.1, 0.15) is 36.1 Å². The Labute approximate surface area is 116 Å². The highest BCUT2D eigenvalue weighted by Crippen LogP contribution is 2.31. The summed E-state index contributed by atoms with van der Waals surface area (Å²) in [6, 6.07) is 6.97. The van der Waals surface area contributed by atoms with Gasteiger partial charge in [-0.1, -0.05) is 30.7 Å². The van der Waals surface area contributed by atoms with Crippen molar-refractivity contribution in [1.82, 2.24) is 4.90 Å². The van der Waals surface area contributed by atoms with E-state index in [4.69, 9.17) is 10.5 Å². The lowest BCUT2D eigenvalue weighted by Crippen LogP contribution is -2.48. The molecule has 2 unspecified atom stereocenters. The van der Waals surface area contributed by atoms with Gasteiger partial charge in [-0.05, 0) is 37.9 Å². The van der Waals surface area contributed by atoms with E-state index in [1.165, 1.54) is 23.1 Å². The van der Waals surface area contributed by atoms with Gasteiger partial charge in [0.25, 0.3) is 0 Å². The first-order valence-corrected chi connectivity index (χ1v) is 7.30. The molecule has 1 aromatic rings. The highest BCUT2D eigenvalue weighted by atomic mass is 16.5. The lowest BCUT2D eigenvalue weighted by atomic mass is 9.92. The molecule has 3 heteroatoms. The number of rotatable bonds is 4. The van der Waals surface area contributed by atoms with E-state index in [-0.39, 0.29) is 6.10 Å². The molecule has 1 aliphatic rings. The molecule has 0 aromatic heterocycles. The summed E-state index contributed by atoms with van der Waals surface area (Å²) in [5.41, 5.74) is 9.94. The normalized spacial score (nSPS) is 24.6. The molecular weight excluding hydrogens is 236 g/mol. The van der Waals surface area contributed by atoms with E-state index in [9.17, 15) is 0 Å². The summed E-state index contributed by atoms with van der Waals surface area (Å²) >= 11 is 0. The van der Waals surface area contributed by atoms with Crippen LogP contribution in [0, 0.1) is 13.8 Å². The van der Waals surface area contributed by atoms with Crippen LogP contribution < -0.4 is 5.73 Å². The van der Waals surface area contributed by atoms with Gasteiger partial charge in [-0.3, -0.25) is 4.90 Å². The summed E-state index contributed by atoms with van der Waals surface area (Å²) in [5.74, 6) is 0. The molecule has 0 bridgehead atoms. The zero-order valence-electron chi connectivity index (χ0n) is 12.4. The average molecular weight is 262 g/mol. The molecule has 1 fully saturated rings. The van der Waals surface area contributed by atoms with Crippen LogP contribution in [-0.4, -0.2) is 37.2 Å². The fourth-order valence-electron chi connectivity index (χ4n) is 3.00. The van der Waals surface area contributed by atoms with Gasteiger partial charge in [0.15, 0.2) is 0 Å². The summed E-state index contributed by atoms with van der Waals surface area (Å²) in [6.45, 7) is 10.0. The van der Waals surface area contributed by atoms with Crippen molar-refractivity contribution in [2.75, 3.05) is 26.2 Å². The number of nitrogens with two attached hydrogens (primary N) is 1. The summed E-state index contributed by atoms with van der Waals surface area (Å²) in [5, 5.41) is 0. The van der Waals surface area contributed by atoms with E-state index in [2.05, 4.69) is 43.9 Å². The second kappa shape index (κ2) is 6.51. The zero-order chi connectivity index (χ0) is 13.8. The minimum Gasteiger partial charge on any atom is -0.374 e. The highest BCUT2D eigenvalue weighted by molar-refractivity contribution is 5.34. The van der Waals surface area contributed by atoms with Gasteiger partial charge in [0, 0.05) is 13.1 Å². The number of hydrogen-bond acceptors (Lipinski definition) is 3. The van der Waals surface area contributed by atoms with Gasteiger partial charge in [0.1, 0.15) is 0 Å². The quantitative estimate of drug-likeness (QED) is 0.905. The molecule has 2 N–H and O–H groups in total. The zero-order valence-corrected chi connectivity index (χ0v) is 12.4. The molecule has 2 rings (SSSR count). The first kappa shape index (κ1) is 14.5. The van der Waals surface area contributed by atoms with Crippen molar-refractivity contribution in [1.29, 1.82) is 0 Å². The van der Waals surface area contributed by atoms with Gasteiger partial charge in [0.05, 0.1) is 18.8 Å². The van der Waals surface area contributed by atoms with Crippen LogP contribution in [0.15, 0.2) is 18.2 Å². The van der Waals surface area contributed by atoms with E-state index < -0.39 is 0 Å². The Bertz CT molecular complexity index is 417. The molecule has 0 spiro atoms. The van der Waals surface area contributed by atoms with Gasteiger partial charge in [-0.2, -0.15) is 0 Å². The largest absolute Gasteiger partial charge is 0.374 e. The fraction of sp³-hybridized carbons (Fsp3) is 0.625. The van der Waals surface area contributed by atoms with Gasteiger partial charge < -0.3 is 10.5 Å². The molecule has 106 valence electrons. The Kier molecular flexibility index (Phi) is 4.97. The number of hydrogen-bond donors (Lipinski definition) is 1. The van der Waals surface area contributed by atoms with Crippen molar-refractivity contribution >= 4 is 0 Å². The lowest BCUT2D eigenvalue weighted by molar-refractivity contribution is -0.0678. The Hall–Kier alpha value is -0.900. The Morgan fingerprint density at radius 3 is 2.84 bits per heavy atom. The number of benzene rings is 1. The molecular formula is C16H26N2O. The summed E-state index contributed by atoms with van der Waals surface area (Å²) < 4.78 is 5.90. The third-order valence-electron chi connectivity index (χ3n) is 3.95. The molecule has 1 heterocycles. The van der Waals surface area contributed by atoms with Gasteiger partial charge in [-0.15, -0.1) is 0 Å². The van der Waals surface area contributed by atoms with E-state index >= 15 is 0 Å². The van der Waals surface area contributed by atoms with E-state index in [0.29, 0.717) is 12.6 Å². The molecule has 0 aliphatic carbocycles. The maximum absolute atomic E-state index is 5.93. The number of morpholine rings is 1. The molecule has 1 aliphatic heterocycles. The number of nitrogens with zero attached hydrogens (tertiary/aromatic N) is 1. The predicted octanol–water partition coefficient (Wildman–Crippen LogP) is 2.41. The topological polar surface area (TPSA) is 38.5 Å². The van der Waals surface area contributed by atoms with Gasteiger partial charge in [-0.25, -0.2) is 0 Å². The molecule has 0 radical (unpaired) electrons. The SMILES string of the molecule is CCCN1CCOC(CN)C1c1cc(C)ccc1C. The second-order valence-electron chi connectivity index (χ2n) is 5.49. The van der Waals surface area contributed by atoms with Crippen LogP contribution >= 0.6 is 0 Å². The number of ether oxygens (including phenoxy) is 1. The van der Waals surface area contributed by atoms with Crippen LogP contribution in [-0.2, 0) is 4.74 Å². The molecule has 2 atom stereocenters. The highest BCUT2D eigenvalue weighted by Gasteiger charge is 2.33. The molecule has 0 amide bonds. The van der Waals surface area contributed by atoms with Crippen molar-refractivity contribution in [3.05, 3.63) is 34.9 Å². The fourth-order valence-corrected chi connectivity index (χ4v) is 3.00. The summed E-state index contributed by atoms with van der Waals surface area (Å²) in [7, 11) is 0. The summed E-state index contributed by atoms with van der Waals surface area (Å²) in [6.07, 6.45) is 1.28. The molecule has 19 heavy (non-hydrogen) atoms. The molecule has 1 saturated heterocycles.